The van der Waals surface area contributed by atoms with Gasteiger partial charge in [0.25, 0.3) is 0 Å². The summed E-state index contributed by atoms with van der Waals surface area (Å²) in [6.07, 6.45) is 5.94. The van der Waals surface area contributed by atoms with Crippen LogP contribution in [0.4, 0.5) is 0 Å². The van der Waals surface area contributed by atoms with Gasteiger partial charge in [0.05, 0.1) is 0 Å². The van der Waals surface area contributed by atoms with E-state index in [-0.39, 0.29) is 0 Å². The number of rotatable bonds is 2. The molecule has 0 amide bonds. The van der Waals surface area contributed by atoms with Crippen molar-refractivity contribution < 1.29 is 4.52 Å². The molecule has 6 nitrogen and oxygen atoms in total. The SMILES string of the molecule is c1cc2nncn2cc1-c1noc(C2CCCSC2)n1. The molecule has 1 atom stereocenters. The second-order valence-electron chi connectivity index (χ2n) is 4.88. The summed E-state index contributed by atoms with van der Waals surface area (Å²) >= 11 is 1.96. The molecule has 102 valence electrons. The Morgan fingerprint density at radius 3 is 3.25 bits per heavy atom. The summed E-state index contributed by atoms with van der Waals surface area (Å²) in [5.41, 5.74) is 1.72. The lowest BCUT2D eigenvalue weighted by Gasteiger charge is -2.16. The van der Waals surface area contributed by atoms with E-state index in [1.54, 1.807) is 6.33 Å². The summed E-state index contributed by atoms with van der Waals surface area (Å²) in [7, 11) is 0. The first-order valence-electron chi connectivity index (χ1n) is 6.61. The van der Waals surface area contributed by atoms with Gasteiger partial charge in [0.15, 0.2) is 5.65 Å². The zero-order chi connectivity index (χ0) is 13.4. The highest BCUT2D eigenvalue weighted by atomic mass is 32.2. The monoisotopic (exact) mass is 287 g/mol. The molecule has 3 aromatic heterocycles. The summed E-state index contributed by atoms with van der Waals surface area (Å²) in [5.74, 6) is 4.10. The van der Waals surface area contributed by atoms with Crippen molar-refractivity contribution in [2.45, 2.75) is 18.8 Å². The number of hydrogen-bond donors (Lipinski definition) is 0. The Bertz CT molecular complexity index is 731. The van der Waals surface area contributed by atoms with Crippen LogP contribution in [0.25, 0.3) is 17.0 Å². The van der Waals surface area contributed by atoms with Crippen molar-refractivity contribution in [2.75, 3.05) is 11.5 Å². The maximum Gasteiger partial charge on any atom is 0.230 e. The highest BCUT2D eigenvalue weighted by molar-refractivity contribution is 7.99. The van der Waals surface area contributed by atoms with Gasteiger partial charge >= 0.3 is 0 Å². The van der Waals surface area contributed by atoms with Crippen molar-refractivity contribution in [2.24, 2.45) is 0 Å². The standard InChI is InChI=1S/C13H13N5OS/c1-2-10(7-20-5-1)13-15-12(17-19-13)9-3-4-11-16-14-8-18(11)6-9/h3-4,6,8,10H,1-2,5,7H2. The van der Waals surface area contributed by atoms with Gasteiger partial charge in [0.1, 0.15) is 6.33 Å². The Morgan fingerprint density at radius 1 is 1.35 bits per heavy atom. The lowest BCUT2D eigenvalue weighted by molar-refractivity contribution is 0.353. The maximum absolute atomic E-state index is 5.44. The number of fused-ring (bicyclic) bond motifs is 1. The van der Waals surface area contributed by atoms with Crippen LogP contribution in [-0.4, -0.2) is 36.2 Å². The van der Waals surface area contributed by atoms with Crippen LogP contribution in [0.3, 0.4) is 0 Å². The predicted octanol–water partition coefficient (Wildman–Crippen LogP) is 2.39. The molecular formula is C13H13N5OS. The normalized spacial score (nSPS) is 19.5. The third-order valence-electron chi connectivity index (χ3n) is 3.50. The molecule has 7 heteroatoms. The molecule has 0 aliphatic carbocycles. The molecule has 0 N–H and O–H groups in total. The molecule has 4 heterocycles. The fourth-order valence-electron chi connectivity index (χ4n) is 2.41. The summed E-state index contributed by atoms with van der Waals surface area (Å²) in [5, 5.41) is 11.9. The quantitative estimate of drug-likeness (QED) is 0.721. The van der Waals surface area contributed by atoms with Crippen molar-refractivity contribution in [3.63, 3.8) is 0 Å². The lowest BCUT2D eigenvalue weighted by atomic mass is 10.1. The first-order valence-corrected chi connectivity index (χ1v) is 7.77. The second kappa shape index (κ2) is 4.90. The fourth-order valence-corrected chi connectivity index (χ4v) is 3.54. The van der Waals surface area contributed by atoms with Crippen LogP contribution >= 0.6 is 11.8 Å². The first-order chi connectivity index (χ1) is 9.90. The van der Waals surface area contributed by atoms with E-state index in [0.29, 0.717) is 11.7 Å². The molecule has 1 aliphatic heterocycles. The lowest BCUT2D eigenvalue weighted by Crippen LogP contribution is -2.08. The Morgan fingerprint density at radius 2 is 2.35 bits per heavy atom. The minimum Gasteiger partial charge on any atom is -0.339 e. The molecule has 1 aliphatic rings. The van der Waals surface area contributed by atoms with Crippen LogP contribution in [-0.2, 0) is 0 Å². The third kappa shape index (κ3) is 2.07. The second-order valence-corrected chi connectivity index (χ2v) is 6.03. The van der Waals surface area contributed by atoms with E-state index in [4.69, 9.17) is 4.52 Å². The van der Waals surface area contributed by atoms with Gasteiger partial charge in [-0.05, 0) is 30.7 Å². The van der Waals surface area contributed by atoms with E-state index in [0.717, 1.165) is 29.3 Å². The van der Waals surface area contributed by atoms with E-state index < -0.39 is 0 Å². The van der Waals surface area contributed by atoms with Gasteiger partial charge in [-0.15, -0.1) is 10.2 Å². The Kier molecular flexibility index (Phi) is 2.91. The molecule has 20 heavy (non-hydrogen) atoms. The fraction of sp³-hybridized carbons (Fsp3) is 0.385. The Hall–Kier alpha value is -1.89. The van der Waals surface area contributed by atoms with Gasteiger partial charge in [0.2, 0.25) is 11.7 Å². The van der Waals surface area contributed by atoms with Crippen LogP contribution in [0.5, 0.6) is 0 Å². The van der Waals surface area contributed by atoms with Gasteiger partial charge in [-0.3, -0.25) is 4.40 Å². The number of aromatic nitrogens is 5. The van der Waals surface area contributed by atoms with Crippen LogP contribution in [0.15, 0.2) is 29.2 Å². The molecule has 0 saturated carbocycles. The molecule has 0 spiro atoms. The number of nitrogens with zero attached hydrogens (tertiary/aromatic N) is 5. The minimum absolute atomic E-state index is 0.397. The Labute approximate surface area is 119 Å². The predicted molar refractivity (Wildman–Crippen MR) is 75.6 cm³/mol. The zero-order valence-corrected chi connectivity index (χ0v) is 11.6. The molecule has 1 unspecified atom stereocenters. The molecule has 1 saturated heterocycles. The molecule has 0 radical (unpaired) electrons. The highest BCUT2D eigenvalue weighted by Gasteiger charge is 2.22. The van der Waals surface area contributed by atoms with Crippen molar-refractivity contribution in [1.82, 2.24) is 24.7 Å². The zero-order valence-electron chi connectivity index (χ0n) is 10.8. The van der Waals surface area contributed by atoms with Crippen LogP contribution in [0.2, 0.25) is 0 Å². The maximum atomic E-state index is 5.44. The molecule has 3 aromatic rings. The highest BCUT2D eigenvalue weighted by Crippen LogP contribution is 2.31. The molecule has 0 bridgehead atoms. The van der Waals surface area contributed by atoms with Gasteiger partial charge in [0, 0.05) is 23.4 Å². The summed E-state index contributed by atoms with van der Waals surface area (Å²) in [6.45, 7) is 0. The van der Waals surface area contributed by atoms with E-state index in [1.807, 2.05) is 34.5 Å². The Balaban J connectivity index is 1.66. The van der Waals surface area contributed by atoms with Crippen LogP contribution in [0.1, 0.15) is 24.7 Å². The van der Waals surface area contributed by atoms with Crippen molar-refractivity contribution in [3.05, 3.63) is 30.5 Å². The van der Waals surface area contributed by atoms with E-state index in [2.05, 4.69) is 20.3 Å². The molecular weight excluding hydrogens is 274 g/mol. The minimum atomic E-state index is 0.397. The van der Waals surface area contributed by atoms with E-state index >= 15 is 0 Å². The van der Waals surface area contributed by atoms with E-state index in [9.17, 15) is 0 Å². The van der Waals surface area contributed by atoms with Crippen molar-refractivity contribution >= 4 is 17.4 Å². The van der Waals surface area contributed by atoms with Crippen LogP contribution in [0, 0.1) is 0 Å². The first kappa shape index (κ1) is 11.9. The van der Waals surface area contributed by atoms with Gasteiger partial charge in [-0.2, -0.15) is 16.7 Å². The summed E-state index contributed by atoms with van der Waals surface area (Å²) in [6, 6.07) is 3.84. The van der Waals surface area contributed by atoms with E-state index in [1.165, 1.54) is 12.2 Å². The molecule has 4 rings (SSSR count). The topological polar surface area (TPSA) is 69.1 Å². The smallest absolute Gasteiger partial charge is 0.230 e. The molecule has 1 fully saturated rings. The number of hydrogen-bond acceptors (Lipinski definition) is 6. The average molecular weight is 287 g/mol. The average Bonchev–Trinajstić information content (AvgIpc) is 3.16. The number of pyridine rings is 1. The van der Waals surface area contributed by atoms with Crippen LogP contribution < -0.4 is 0 Å². The molecule has 0 aromatic carbocycles. The van der Waals surface area contributed by atoms with Gasteiger partial charge < -0.3 is 4.52 Å². The largest absolute Gasteiger partial charge is 0.339 e. The van der Waals surface area contributed by atoms with Crippen molar-refractivity contribution in [3.8, 4) is 11.4 Å². The summed E-state index contributed by atoms with van der Waals surface area (Å²) in [4.78, 5) is 4.55. The third-order valence-corrected chi connectivity index (χ3v) is 4.72. The van der Waals surface area contributed by atoms with Crippen molar-refractivity contribution in [1.29, 1.82) is 0 Å². The number of thioether (sulfide) groups is 1. The van der Waals surface area contributed by atoms with Gasteiger partial charge in [-0.1, -0.05) is 5.16 Å². The summed E-state index contributed by atoms with van der Waals surface area (Å²) < 4.78 is 7.29. The van der Waals surface area contributed by atoms with Gasteiger partial charge in [-0.25, -0.2) is 0 Å².